The number of carbonyl (C=O) groups excluding carboxylic acids is 1. The molecule has 0 radical (unpaired) electrons. The standard InChI is InChI=1S/C25H23BrO4S/c1-18-8-14-23(15-9-18)31(28,29)24(16-21(17-26)19-6-4-3-5-7-19)25(27)20-10-12-22(30-2)13-11-20/h3-15,17,24H,16H2,1-2H3/b21-17+/t24-/m1/s1. The van der Waals surface area contributed by atoms with Gasteiger partial charge in [0, 0.05) is 5.56 Å². The number of Topliss-reactive ketones (excluding diaryl/α,β-unsaturated/α-hetero) is 1. The van der Waals surface area contributed by atoms with Crippen LogP contribution < -0.4 is 4.74 Å². The summed E-state index contributed by atoms with van der Waals surface area (Å²) in [5.41, 5.74) is 2.85. The van der Waals surface area contributed by atoms with Gasteiger partial charge < -0.3 is 4.74 Å². The molecular weight excluding hydrogens is 476 g/mol. The Morgan fingerprint density at radius 2 is 1.55 bits per heavy atom. The number of ether oxygens (including phenoxy) is 1. The molecule has 0 amide bonds. The number of hydrogen-bond acceptors (Lipinski definition) is 4. The van der Waals surface area contributed by atoms with Crippen molar-refractivity contribution in [2.24, 2.45) is 0 Å². The zero-order chi connectivity index (χ0) is 22.4. The molecule has 0 aromatic heterocycles. The van der Waals surface area contributed by atoms with Crippen LogP contribution in [0.4, 0.5) is 0 Å². The second-order valence-electron chi connectivity index (χ2n) is 7.14. The average molecular weight is 499 g/mol. The summed E-state index contributed by atoms with van der Waals surface area (Å²) in [5, 5.41) is -1.27. The van der Waals surface area contributed by atoms with E-state index in [9.17, 15) is 13.2 Å². The summed E-state index contributed by atoms with van der Waals surface area (Å²) in [5.74, 6) is 0.144. The first kappa shape index (κ1) is 23.0. The van der Waals surface area contributed by atoms with Crippen molar-refractivity contribution in [1.82, 2.24) is 0 Å². The van der Waals surface area contributed by atoms with Crippen LogP contribution in [0.5, 0.6) is 5.75 Å². The highest BCUT2D eigenvalue weighted by atomic mass is 79.9. The molecule has 0 N–H and O–H groups in total. The fourth-order valence-corrected chi connectivity index (χ4v) is 5.37. The summed E-state index contributed by atoms with van der Waals surface area (Å²) in [7, 11) is -2.40. The van der Waals surface area contributed by atoms with Gasteiger partial charge in [-0.15, -0.1) is 0 Å². The number of hydrogen-bond donors (Lipinski definition) is 0. The third-order valence-corrected chi connectivity index (χ3v) is 7.68. The summed E-state index contributed by atoms with van der Waals surface area (Å²) in [6, 6.07) is 22.5. The lowest BCUT2D eigenvalue weighted by atomic mass is 9.98. The van der Waals surface area contributed by atoms with Crippen molar-refractivity contribution in [3.63, 3.8) is 0 Å². The molecule has 31 heavy (non-hydrogen) atoms. The van der Waals surface area contributed by atoms with Gasteiger partial charge in [0.05, 0.1) is 12.0 Å². The molecule has 3 rings (SSSR count). The molecule has 3 aromatic carbocycles. The van der Waals surface area contributed by atoms with Crippen LogP contribution in [0.3, 0.4) is 0 Å². The molecule has 0 bridgehead atoms. The van der Waals surface area contributed by atoms with E-state index < -0.39 is 20.9 Å². The van der Waals surface area contributed by atoms with Gasteiger partial charge in [0.1, 0.15) is 11.0 Å². The van der Waals surface area contributed by atoms with E-state index in [1.807, 2.05) is 37.3 Å². The van der Waals surface area contributed by atoms with Crippen molar-refractivity contribution in [1.29, 1.82) is 0 Å². The van der Waals surface area contributed by atoms with Gasteiger partial charge in [-0.2, -0.15) is 0 Å². The van der Waals surface area contributed by atoms with Gasteiger partial charge in [0.2, 0.25) is 0 Å². The normalized spacial score (nSPS) is 12.9. The number of ketones is 1. The first-order valence-electron chi connectivity index (χ1n) is 9.70. The summed E-state index contributed by atoms with van der Waals surface area (Å²) < 4.78 is 32.3. The second kappa shape index (κ2) is 10.1. The molecule has 0 unspecified atom stereocenters. The van der Waals surface area contributed by atoms with Gasteiger partial charge in [0.15, 0.2) is 15.6 Å². The Bertz CT molecular complexity index is 1170. The fourth-order valence-electron chi connectivity index (χ4n) is 3.25. The van der Waals surface area contributed by atoms with E-state index in [2.05, 4.69) is 15.9 Å². The van der Waals surface area contributed by atoms with E-state index in [-0.39, 0.29) is 11.3 Å². The topological polar surface area (TPSA) is 60.4 Å². The molecule has 0 aliphatic carbocycles. The first-order valence-corrected chi connectivity index (χ1v) is 12.2. The van der Waals surface area contributed by atoms with Gasteiger partial charge in [-0.25, -0.2) is 8.42 Å². The predicted molar refractivity (Wildman–Crippen MR) is 127 cm³/mol. The molecule has 1 atom stereocenters. The fraction of sp³-hybridized carbons (Fsp3) is 0.160. The number of aryl methyl sites for hydroxylation is 1. The Morgan fingerprint density at radius 3 is 2.10 bits per heavy atom. The number of rotatable bonds is 8. The van der Waals surface area contributed by atoms with Crippen LogP contribution in [0.15, 0.2) is 88.7 Å². The number of methoxy groups -OCH3 is 1. The highest BCUT2D eigenvalue weighted by Gasteiger charge is 2.35. The van der Waals surface area contributed by atoms with Crippen LogP contribution in [-0.2, 0) is 9.84 Å². The van der Waals surface area contributed by atoms with Gasteiger partial charge in [0.25, 0.3) is 0 Å². The lowest BCUT2D eigenvalue weighted by Gasteiger charge is -2.19. The summed E-state index contributed by atoms with van der Waals surface area (Å²) >= 11 is 3.35. The minimum absolute atomic E-state index is 0.0380. The monoisotopic (exact) mass is 498 g/mol. The van der Waals surface area contributed by atoms with Crippen LogP contribution in [0, 0.1) is 6.92 Å². The molecule has 6 heteroatoms. The third-order valence-electron chi connectivity index (χ3n) is 5.07. The number of allylic oxidation sites excluding steroid dienone is 1. The molecule has 0 aliphatic rings. The molecule has 0 aliphatic heterocycles. The number of benzene rings is 3. The summed E-state index contributed by atoms with van der Waals surface area (Å²) in [4.78, 5) is 15.3. The quantitative estimate of drug-likeness (QED) is 0.365. The van der Waals surface area contributed by atoms with Crippen molar-refractivity contribution in [2.75, 3.05) is 7.11 Å². The Hall–Kier alpha value is -2.70. The van der Waals surface area contributed by atoms with E-state index in [0.717, 1.165) is 16.7 Å². The van der Waals surface area contributed by atoms with Gasteiger partial charge in [-0.1, -0.05) is 64.0 Å². The van der Waals surface area contributed by atoms with Crippen molar-refractivity contribution in [3.8, 4) is 5.75 Å². The van der Waals surface area contributed by atoms with Crippen molar-refractivity contribution >= 4 is 37.1 Å². The smallest absolute Gasteiger partial charge is 0.189 e. The molecule has 0 spiro atoms. The maximum atomic E-state index is 13.6. The Labute approximate surface area is 191 Å². The molecule has 160 valence electrons. The molecule has 0 saturated heterocycles. The third kappa shape index (κ3) is 5.32. The highest BCUT2D eigenvalue weighted by Crippen LogP contribution is 2.30. The number of sulfone groups is 1. The minimum atomic E-state index is -3.94. The van der Waals surface area contributed by atoms with Crippen LogP contribution in [0.25, 0.3) is 5.57 Å². The Morgan fingerprint density at radius 1 is 0.935 bits per heavy atom. The van der Waals surface area contributed by atoms with E-state index in [1.54, 1.807) is 53.5 Å². The molecular formula is C25H23BrO4S. The Kier molecular flexibility index (Phi) is 7.46. The van der Waals surface area contributed by atoms with Crippen molar-refractivity contribution in [2.45, 2.75) is 23.5 Å². The Balaban J connectivity index is 2.06. The summed E-state index contributed by atoms with van der Waals surface area (Å²) in [6.07, 6.45) is 0.0380. The lowest BCUT2D eigenvalue weighted by Crippen LogP contribution is -2.31. The molecule has 0 saturated carbocycles. The predicted octanol–water partition coefficient (Wildman–Crippen LogP) is 5.85. The van der Waals surface area contributed by atoms with Crippen molar-refractivity contribution < 1.29 is 17.9 Å². The largest absolute Gasteiger partial charge is 0.497 e. The summed E-state index contributed by atoms with van der Waals surface area (Å²) in [6.45, 7) is 1.89. The molecule has 3 aromatic rings. The van der Waals surface area contributed by atoms with E-state index >= 15 is 0 Å². The number of halogens is 1. The van der Waals surface area contributed by atoms with Crippen LogP contribution >= 0.6 is 15.9 Å². The van der Waals surface area contributed by atoms with Gasteiger partial charge >= 0.3 is 0 Å². The van der Waals surface area contributed by atoms with E-state index in [1.165, 1.54) is 7.11 Å². The minimum Gasteiger partial charge on any atom is -0.497 e. The van der Waals surface area contributed by atoms with Gasteiger partial charge in [-0.3, -0.25) is 4.79 Å². The number of carbonyl (C=O) groups is 1. The maximum absolute atomic E-state index is 13.6. The lowest BCUT2D eigenvalue weighted by molar-refractivity contribution is 0.0987. The first-order chi connectivity index (χ1) is 14.9. The zero-order valence-electron chi connectivity index (χ0n) is 17.3. The van der Waals surface area contributed by atoms with Crippen LogP contribution in [0.1, 0.15) is 27.9 Å². The zero-order valence-corrected chi connectivity index (χ0v) is 19.7. The average Bonchev–Trinajstić information content (AvgIpc) is 2.80. The molecule has 0 heterocycles. The SMILES string of the molecule is COc1ccc(C(=O)[C@@H](C/C(=C\Br)c2ccccc2)S(=O)(=O)c2ccc(C)cc2)cc1. The second-order valence-corrected chi connectivity index (χ2v) is 9.73. The van der Waals surface area contributed by atoms with Gasteiger partial charge in [-0.05, 0) is 65.9 Å². The van der Waals surface area contributed by atoms with E-state index in [0.29, 0.717) is 11.3 Å². The maximum Gasteiger partial charge on any atom is 0.189 e. The molecule has 4 nitrogen and oxygen atoms in total. The van der Waals surface area contributed by atoms with Crippen molar-refractivity contribution in [3.05, 3.63) is 101 Å². The van der Waals surface area contributed by atoms with E-state index in [4.69, 9.17) is 4.74 Å². The highest BCUT2D eigenvalue weighted by molar-refractivity contribution is 9.11. The van der Waals surface area contributed by atoms with Crippen LogP contribution in [0.2, 0.25) is 0 Å². The molecule has 0 fully saturated rings. The van der Waals surface area contributed by atoms with Crippen LogP contribution in [-0.4, -0.2) is 26.6 Å².